The van der Waals surface area contributed by atoms with Gasteiger partial charge in [0.25, 0.3) is 0 Å². The van der Waals surface area contributed by atoms with Crippen molar-refractivity contribution in [2.24, 2.45) is 0 Å². The van der Waals surface area contributed by atoms with Crippen LogP contribution in [0.2, 0.25) is 0 Å². The fourth-order valence-corrected chi connectivity index (χ4v) is 2.52. The highest BCUT2D eigenvalue weighted by Crippen LogP contribution is 2.11. The third-order valence-corrected chi connectivity index (χ3v) is 3.95. The molecule has 0 aliphatic heterocycles. The van der Waals surface area contributed by atoms with Crippen LogP contribution in [-0.2, 0) is 6.42 Å². The molecule has 17 heavy (non-hydrogen) atoms. The number of thioether (sulfide) groups is 1. The maximum Gasteiger partial charge on any atom is 0.0175 e. The summed E-state index contributed by atoms with van der Waals surface area (Å²) in [5.41, 5.74) is 1.40. The summed E-state index contributed by atoms with van der Waals surface area (Å²) < 4.78 is 1.15. The van der Waals surface area contributed by atoms with Gasteiger partial charge >= 0.3 is 0 Å². The Morgan fingerprint density at radius 1 is 1.24 bits per heavy atom. The van der Waals surface area contributed by atoms with E-state index in [0.717, 1.165) is 17.4 Å². The molecule has 0 fully saturated rings. The summed E-state index contributed by atoms with van der Waals surface area (Å²) in [4.78, 5) is 0. The first-order valence-electron chi connectivity index (χ1n) is 6.19. The van der Waals surface area contributed by atoms with Crippen LogP contribution in [0.4, 0.5) is 0 Å². The highest BCUT2D eigenvalue weighted by molar-refractivity contribution is 9.10. The van der Waals surface area contributed by atoms with Crippen LogP contribution in [-0.4, -0.2) is 24.6 Å². The van der Waals surface area contributed by atoms with Gasteiger partial charge in [0.2, 0.25) is 0 Å². The molecule has 0 aliphatic carbocycles. The standard InChI is InChI=1S/C14H22BrNS/c1-12(16-9-3-4-10-17-2)11-13-5-7-14(15)8-6-13/h5-8,12,16H,3-4,9-11H2,1-2H3. The van der Waals surface area contributed by atoms with Gasteiger partial charge in [-0.15, -0.1) is 0 Å². The number of benzene rings is 1. The largest absolute Gasteiger partial charge is 0.314 e. The number of unbranched alkanes of at least 4 members (excludes halogenated alkanes) is 1. The zero-order valence-electron chi connectivity index (χ0n) is 10.7. The lowest BCUT2D eigenvalue weighted by Gasteiger charge is -2.13. The highest BCUT2D eigenvalue weighted by Gasteiger charge is 2.02. The average molecular weight is 316 g/mol. The van der Waals surface area contributed by atoms with E-state index >= 15 is 0 Å². The molecule has 1 aromatic rings. The normalized spacial score (nSPS) is 12.6. The number of hydrogen-bond donors (Lipinski definition) is 1. The van der Waals surface area contributed by atoms with Crippen molar-refractivity contribution < 1.29 is 0 Å². The molecule has 1 rings (SSSR count). The molecule has 1 N–H and O–H groups in total. The van der Waals surface area contributed by atoms with Crippen molar-refractivity contribution in [1.82, 2.24) is 5.32 Å². The summed E-state index contributed by atoms with van der Waals surface area (Å²) in [5.74, 6) is 1.28. The van der Waals surface area contributed by atoms with Crippen LogP contribution in [0.5, 0.6) is 0 Å². The third kappa shape index (κ3) is 7.12. The van der Waals surface area contributed by atoms with Crippen molar-refractivity contribution in [1.29, 1.82) is 0 Å². The molecule has 0 heterocycles. The smallest absolute Gasteiger partial charge is 0.0175 e. The molecule has 0 bridgehead atoms. The lowest BCUT2D eigenvalue weighted by molar-refractivity contribution is 0.532. The Kier molecular flexibility index (Phi) is 7.99. The molecular formula is C14H22BrNS. The molecular weight excluding hydrogens is 294 g/mol. The predicted molar refractivity (Wildman–Crippen MR) is 82.9 cm³/mol. The van der Waals surface area contributed by atoms with Gasteiger partial charge in [0.05, 0.1) is 0 Å². The summed E-state index contributed by atoms with van der Waals surface area (Å²) in [6.45, 7) is 3.40. The van der Waals surface area contributed by atoms with Gasteiger partial charge in [0.15, 0.2) is 0 Å². The van der Waals surface area contributed by atoms with Crippen LogP contribution in [0.15, 0.2) is 28.7 Å². The molecule has 0 saturated carbocycles. The first kappa shape index (κ1) is 15.1. The summed E-state index contributed by atoms with van der Waals surface area (Å²) in [6, 6.07) is 9.16. The van der Waals surface area contributed by atoms with E-state index < -0.39 is 0 Å². The Labute approximate surface area is 118 Å². The van der Waals surface area contributed by atoms with Crippen molar-refractivity contribution in [2.75, 3.05) is 18.6 Å². The number of hydrogen-bond acceptors (Lipinski definition) is 2. The fraction of sp³-hybridized carbons (Fsp3) is 0.571. The zero-order chi connectivity index (χ0) is 12.5. The topological polar surface area (TPSA) is 12.0 Å². The van der Waals surface area contributed by atoms with Crippen LogP contribution in [0.1, 0.15) is 25.3 Å². The fourth-order valence-electron chi connectivity index (χ4n) is 1.77. The van der Waals surface area contributed by atoms with Crippen molar-refractivity contribution in [2.45, 2.75) is 32.2 Å². The van der Waals surface area contributed by atoms with Gasteiger partial charge in [-0.2, -0.15) is 11.8 Å². The Balaban J connectivity index is 2.16. The quantitative estimate of drug-likeness (QED) is 0.724. The molecule has 0 saturated heterocycles. The van der Waals surface area contributed by atoms with E-state index in [1.807, 2.05) is 11.8 Å². The summed E-state index contributed by atoms with van der Waals surface area (Å²) in [5, 5.41) is 3.58. The van der Waals surface area contributed by atoms with E-state index in [0.29, 0.717) is 6.04 Å². The van der Waals surface area contributed by atoms with Crippen molar-refractivity contribution in [3.8, 4) is 0 Å². The van der Waals surface area contributed by atoms with E-state index in [4.69, 9.17) is 0 Å². The van der Waals surface area contributed by atoms with Gasteiger partial charge in [0, 0.05) is 10.5 Å². The van der Waals surface area contributed by atoms with Crippen molar-refractivity contribution in [3.63, 3.8) is 0 Å². The van der Waals surface area contributed by atoms with E-state index in [-0.39, 0.29) is 0 Å². The highest BCUT2D eigenvalue weighted by atomic mass is 79.9. The Hall–Kier alpha value is 0.01000. The molecule has 1 aromatic carbocycles. The van der Waals surface area contributed by atoms with Crippen LogP contribution in [0, 0.1) is 0 Å². The second kappa shape index (κ2) is 9.01. The minimum Gasteiger partial charge on any atom is -0.314 e. The van der Waals surface area contributed by atoms with Crippen LogP contribution in [0.3, 0.4) is 0 Å². The van der Waals surface area contributed by atoms with Gasteiger partial charge in [0.1, 0.15) is 0 Å². The molecule has 3 heteroatoms. The van der Waals surface area contributed by atoms with Crippen molar-refractivity contribution in [3.05, 3.63) is 34.3 Å². The van der Waals surface area contributed by atoms with Gasteiger partial charge in [-0.1, -0.05) is 28.1 Å². The maximum absolute atomic E-state index is 3.58. The molecule has 1 atom stereocenters. The molecule has 0 radical (unpaired) electrons. The molecule has 0 aromatic heterocycles. The Morgan fingerprint density at radius 3 is 2.59 bits per heavy atom. The van der Waals surface area contributed by atoms with Gasteiger partial charge in [-0.05, 0) is 62.4 Å². The third-order valence-electron chi connectivity index (χ3n) is 2.72. The van der Waals surface area contributed by atoms with E-state index in [1.165, 1.54) is 24.2 Å². The second-order valence-electron chi connectivity index (χ2n) is 4.39. The Bertz CT molecular complexity index is 300. The van der Waals surface area contributed by atoms with Crippen LogP contribution >= 0.6 is 27.7 Å². The zero-order valence-corrected chi connectivity index (χ0v) is 13.1. The lowest BCUT2D eigenvalue weighted by atomic mass is 10.1. The Morgan fingerprint density at radius 2 is 1.94 bits per heavy atom. The van der Waals surface area contributed by atoms with Gasteiger partial charge in [-0.3, -0.25) is 0 Å². The monoisotopic (exact) mass is 315 g/mol. The summed E-state index contributed by atoms with van der Waals surface area (Å²) in [6.07, 6.45) is 5.88. The minimum absolute atomic E-state index is 0.561. The van der Waals surface area contributed by atoms with Crippen LogP contribution in [0.25, 0.3) is 0 Å². The SMILES string of the molecule is CSCCCCNC(C)Cc1ccc(Br)cc1. The van der Waals surface area contributed by atoms with Gasteiger partial charge in [-0.25, -0.2) is 0 Å². The molecule has 0 amide bonds. The molecule has 0 aliphatic rings. The van der Waals surface area contributed by atoms with Gasteiger partial charge < -0.3 is 5.32 Å². The second-order valence-corrected chi connectivity index (χ2v) is 6.29. The maximum atomic E-state index is 3.58. The van der Waals surface area contributed by atoms with E-state index in [9.17, 15) is 0 Å². The number of rotatable bonds is 8. The number of halogens is 1. The first-order valence-corrected chi connectivity index (χ1v) is 8.38. The van der Waals surface area contributed by atoms with Crippen molar-refractivity contribution >= 4 is 27.7 Å². The molecule has 1 unspecified atom stereocenters. The molecule has 1 nitrogen and oxygen atoms in total. The van der Waals surface area contributed by atoms with E-state index in [1.54, 1.807) is 0 Å². The van der Waals surface area contributed by atoms with E-state index in [2.05, 4.69) is 58.7 Å². The lowest BCUT2D eigenvalue weighted by Crippen LogP contribution is -2.29. The minimum atomic E-state index is 0.561. The van der Waals surface area contributed by atoms with Crippen LogP contribution < -0.4 is 5.32 Å². The average Bonchev–Trinajstić information content (AvgIpc) is 2.32. The molecule has 96 valence electrons. The molecule has 0 spiro atoms. The summed E-state index contributed by atoms with van der Waals surface area (Å²) >= 11 is 5.39. The number of nitrogens with one attached hydrogen (secondary N) is 1. The predicted octanol–water partition coefficient (Wildman–Crippen LogP) is 4.11. The summed E-state index contributed by atoms with van der Waals surface area (Å²) in [7, 11) is 0. The first-order chi connectivity index (χ1) is 8.22.